The number of benzene rings is 1. The van der Waals surface area contributed by atoms with Crippen LogP contribution in [0, 0.1) is 17.5 Å². The van der Waals surface area contributed by atoms with E-state index in [1.165, 1.54) is 20.8 Å². The van der Waals surface area contributed by atoms with E-state index in [0.717, 1.165) is 4.90 Å². The molecule has 3 heterocycles. The second-order valence-corrected chi connectivity index (χ2v) is 8.25. The first kappa shape index (κ1) is 16.0. The Morgan fingerprint density at radius 2 is 1.53 bits per heavy atom. The molecule has 1 aromatic rings. The van der Waals surface area contributed by atoms with E-state index in [9.17, 15) is 19.2 Å². The van der Waals surface area contributed by atoms with Crippen molar-refractivity contribution in [2.75, 3.05) is 13.0 Å². The van der Waals surface area contributed by atoms with Gasteiger partial charge in [-0.1, -0.05) is 0 Å². The summed E-state index contributed by atoms with van der Waals surface area (Å²) >= 11 is 0. The molecule has 3 aliphatic rings. The quantitative estimate of drug-likeness (QED) is 0.574. The van der Waals surface area contributed by atoms with Crippen molar-refractivity contribution < 1.29 is 37.8 Å². The van der Waals surface area contributed by atoms with Crippen LogP contribution in [0.1, 0.15) is 71.3 Å². The Morgan fingerprint density at radius 1 is 0.967 bits per heavy atom. The number of nitrogens with zero attached hydrogens (tertiary/aromatic N) is 2. The summed E-state index contributed by atoms with van der Waals surface area (Å²) in [5.74, 6) is -12.5. The Balaban J connectivity index is 1.86. The Kier molecular flexibility index (Phi) is 3.54. The molecule has 0 radical (unpaired) electrons. The molecule has 0 spiro atoms. The van der Waals surface area contributed by atoms with E-state index >= 15 is 13.2 Å². The van der Waals surface area contributed by atoms with Crippen LogP contribution >= 0.6 is 0 Å². The minimum absolute atomic E-state index is 0.243. The highest BCUT2D eigenvalue weighted by molar-refractivity contribution is 6.23. The number of rotatable bonds is 2. The molecule has 4 rings (SSSR count). The van der Waals surface area contributed by atoms with Gasteiger partial charge in [-0.25, -0.2) is 13.2 Å². The molecule has 0 aliphatic carbocycles. The third-order valence-electron chi connectivity index (χ3n) is 5.22. The van der Waals surface area contributed by atoms with Crippen molar-refractivity contribution in [3.05, 3.63) is 34.1 Å². The summed E-state index contributed by atoms with van der Waals surface area (Å²) in [7, 11) is 0. The van der Waals surface area contributed by atoms with Gasteiger partial charge in [-0.3, -0.25) is 34.3 Å². The fourth-order valence-corrected chi connectivity index (χ4v) is 3.65. The highest BCUT2D eigenvalue weighted by Gasteiger charge is 2.50. The number of carbonyl (C=O) groups excluding carboxylic acids is 4. The lowest BCUT2D eigenvalue weighted by atomic mass is 9.85. The molecule has 0 bridgehead atoms. The van der Waals surface area contributed by atoms with E-state index in [1.54, 1.807) is 0 Å². The van der Waals surface area contributed by atoms with Crippen molar-refractivity contribution in [2.24, 2.45) is 0 Å². The van der Waals surface area contributed by atoms with E-state index in [4.69, 9.17) is 5.48 Å². The molecule has 2 fully saturated rings. The van der Waals surface area contributed by atoms with Crippen molar-refractivity contribution in [1.82, 2.24) is 15.1 Å². The molecule has 4 amide bonds. The van der Waals surface area contributed by atoms with Gasteiger partial charge in [0.05, 0.1) is 11.1 Å². The van der Waals surface area contributed by atoms with Gasteiger partial charge in [-0.05, 0) is 27.2 Å². The third-order valence-corrected chi connectivity index (χ3v) is 5.22. The molecule has 0 saturated carbocycles. The number of nitrogens with one attached hydrogen (secondary N) is 1. The van der Waals surface area contributed by atoms with Crippen molar-refractivity contribution in [1.29, 1.82) is 0 Å². The molecule has 1 aromatic carbocycles. The number of imide groups is 2. The van der Waals surface area contributed by atoms with E-state index in [2.05, 4.69) is 0 Å². The lowest BCUT2D eigenvalue weighted by Gasteiger charge is -2.48. The molecule has 7 nitrogen and oxygen atoms in total. The van der Waals surface area contributed by atoms with E-state index in [1.807, 2.05) is 5.32 Å². The third kappa shape index (κ3) is 2.84. The molecular weight excluding hydrogens is 403 g/mol. The summed E-state index contributed by atoms with van der Waals surface area (Å²) in [4.78, 5) is 50.3. The van der Waals surface area contributed by atoms with Crippen molar-refractivity contribution in [3.63, 3.8) is 0 Å². The molecule has 2 saturated heterocycles. The number of fused-ring (bicyclic) bond motifs is 1. The second-order valence-electron chi connectivity index (χ2n) is 8.25. The molecule has 1 N–H and O–H groups in total. The van der Waals surface area contributed by atoms with Crippen LogP contribution in [-0.4, -0.2) is 58.0 Å². The average Bonchev–Trinajstić information content (AvgIpc) is 2.92. The van der Waals surface area contributed by atoms with Gasteiger partial charge in [0.15, 0.2) is 11.6 Å². The van der Waals surface area contributed by atoms with Gasteiger partial charge in [0.2, 0.25) is 11.8 Å². The zero-order valence-corrected chi connectivity index (χ0v) is 16.2. The fraction of sp³-hybridized carbons (Fsp3) is 0.500. The number of piperidine rings is 1. The number of hydrogen-bond acceptors (Lipinski definition) is 5. The highest BCUT2D eigenvalue weighted by Crippen LogP contribution is 2.40. The molecule has 1 atom stereocenters. The van der Waals surface area contributed by atoms with Crippen LogP contribution < -0.4 is 5.32 Å². The molecule has 30 heavy (non-hydrogen) atoms. The van der Waals surface area contributed by atoms with Crippen molar-refractivity contribution in [3.8, 4) is 0 Å². The van der Waals surface area contributed by atoms with Gasteiger partial charge < -0.3 is 0 Å². The fourth-order valence-electron chi connectivity index (χ4n) is 3.65. The van der Waals surface area contributed by atoms with Crippen LogP contribution in [0.15, 0.2) is 0 Å². The Morgan fingerprint density at radius 3 is 2.07 bits per heavy atom. The number of amides is 4. The summed E-state index contributed by atoms with van der Waals surface area (Å²) in [5.41, 5.74) is -4.93. The topological polar surface area (TPSA) is 86.8 Å². The van der Waals surface area contributed by atoms with Crippen LogP contribution in [0.5, 0.6) is 0 Å². The number of hydrogen-bond donors (Lipinski definition) is 1. The number of likely N-dealkylation sites (tertiary alicyclic amines) is 1. The molecule has 0 aromatic heterocycles. The Bertz CT molecular complexity index is 1170. The number of halogens is 3. The first-order chi connectivity index (χ1) is 15.5. The molecule has 1 unspecified atom stereocenters. The lowest BCUT2D eigenvalue weighted by molar-refractivity contribution is -0.136. The normalized spacial score (nSPS) is 28.3. The van der Waals surface area contributed by atoms with Gasteiger partial charge in [0, 0.05) is 41.9 Å². The molecule has 160 valence electrons. The van der Waals surface area contributed by atoms with Crippen LogP contribution in [0.4, 0.5) is 13.2 Å². The smallest absolute Gasteiger partial charge is 0.265 e. The zero-order chi connectivity index (χ0) is 25.7. The summed E-state index contributed by atoms with van der Waals surface area (Å²) in [5, 5.41) is 1.91. The highest BCUT2D eigenvalue weighted by atomic mass is 19.2. The molecule has 3 aliphatic heterocycles. The van der Waals surface area contributed by atoms with Gasteiger partial charge in [-0.15, -0.1) is 0 Å². The van der Waals surface area contributed by atoms with Crippen LogP contribution in [0.3, 0.4) is 0 Å². The first-order valence-electron chi connectivity index (χ1n) is 11.2. The standard InChI is InChI=1S/C20H20F3N3O4/c1-20(2,3)25-6-8(7-25)11-14(21)12-13(16(23)15(11)22)19(30)26(18(12)29)9-4-5-10(27)24-17(9)28/h8-9H,4-7H2,1-3H3,(H,24,27,28)/i6D2,7D2. The predicted octanol–water partition coefficient (Wildman–Crippen LogP) is 1.70. The second kappa shape index (κ2) is 6.63. The lowest BCUT2D eigenvalue weighted by Crippen LogP contribution is -2.55. The van der Waals surface area contributed by atoms with E-state index in [-0.39, 0.29) is 17.7 Å². The summed E-state index contributed by atoms with van der Waals surface area (Å²) in [6.45, 7) is -0.920. The zero-order valence-electron chi connectivity index (χ0n) is 20.2. The summed E-state index contributed by atoms with van der Waals surface area (Å²) in [6, 6.07) is -1.56. The SMILES string of the molecule is [2H]C1([2H])C(c2c(F)c(F)c3c(c2F)C(=O)N(C2CCC(=O)NC2=O)C3=O)C([2H])([2H])N1C(C)(C)C. The molecular formula is C20H20F3N3O4. The largest absolute Gasteiger partial charge is 0.297 e. The van der Waals surface area contributed by atoms with Crippen LogP contribution in [0.2, 0.25) is 0 Å². The first-order valence-corrected chi connectivity index (χ1v) is 9.18. The van der Waals surface area contributed by atoms with Gasteiger partial charge in [0.1, 0.15) is 11.9 Å². The van der Waals surface area contributed by atoms with E-state index < -0.39 is 88.3 Å². The van der Waals surface area contributed by atoms with Crippen molar-refractivity contribution >= 4 is 23.6 Å². The summed E-state index contributed by atoms with van der Waals surface area (Å²) in [6.07, 6.45) is -0.553. The molecule has 10 heteroatoms. The minimum atomic E-state index is -2.68. The van der Waals surface area contributed by atoms with Gasteiger partial charge in [0.25, 0.3) is 11.8 Å². The predicted molar refractivity (Wildman–Crippen MR) is 97.1 cm³/mol. The Hall–Kier alpha value is -2.75. The van der Waals surface area contributed by atoms with Gasteiger partial charge in [-0.2, -0.15) is 0 Å². The maximum atomic E-state index is 15.6. The monoisotopic (exact) mass is 427 g/mol. The van der Waals surface area contributed by atoms with Crippen LogP contribution in [-0.2, 0) is 9.59 Å². The average molecular weight is 427 g/mol. The maximum Gasteiger partial charge on any atom is 0.265 e. The van der Waals surface area contributed by atoms with E-state index in [0.29, 0.717) is 0 Å². The van der Waals surface area contributed by atoms with Crippen LogP contribution in [0.25, 0.3) is 0 Å². The summed E-state index contributed by atoms with van der Waals surface area (Å²) < 4.78 is 78.9. The minimum Gasteiger partial charge on any atom is -0.297 e. The Labute approximate surface area is 175 Å². The maximum absolute atomic E-state index is 15.6. The van der Waals surface area contributed by atoms with Gasteiger partial charge >= 0.3 is 0 Å². The van der Waals surface area contributed by atoms with Crippen molar-refractivity contribution in [2.45, 2.75) is 51.1 Å². The number of carbonyl (C=O) groups is 4.